The molecule has 0 aliphatic rings. The summed E-state index contributed by atoms with van der Waals surface area (Å²) in [5, 5.41) is 7.32. The summed E-state index contributed by atoms with van der Waals surface area (Å²) in [6, 6.07) is 19.3. The van der Waals surface area contributed by atoms with Crippen molar-refractivity contribution in [3.63, 3.8) is 0 Å². The normalized spacial score (nSPS) is 11.2. The summed E-state index contributed by atoms with van der Waals surface area (Å²) in [6.07, 6.45) is 2.35. The van der Waals surface area contributed by atoms with Crippen molar-refractivity contribution < 1.29 is 18.1 Å². The summed E-state index contributed by atoms with van der Waals surface area (Å²) in [6.45, 7) is 0. The lowest BCUT2D eigenvalue weighted by Gasteiger charge is -2.14. The number of para-hydroxylation sites is 1. The lowest BCUT2D eigenvalue weighted by atomic mass is 10.1. The van der Waals surface area contributed by atoms with Crippen LogP contribution in [0, 0.1) is 28.9 Å². The van der Waals surface area contributed by atoms with E-state index in [1.807, 2.05) is 18.2 Å². The molecular formula is C26H18F2N4O2S. The molecule has 0 bridgehead atoms. The maximum atomic E-state index is 15.1. The fourth-order valence-corrected chi connectivity index (χ4v) is 3.89. The zero-order chi connectivity index (χ0) is 24.8. The number of hydrogen-bond acceptors (Lipinski definition) is 6. The molecule has 174 valence electrons. The molecule has 0 saturated carbocycles. The molecule has 0 aliphatic heterocycles. The van der Waals surface area contributed by atoms with Gasteiger partial charge >= 0.3 is 0 Å². The molecule has 0 fully saturated rings. The van der Waals surface area contributed by atoms with Crippen LogP contribution >= 0.6 is 0 Å². The zero-order valence-corrected chi connectivity index (χ0v) is 18.9. The van der Waals surface area contributed by atoms with Gasteiger partial charge in [0.2, 0.25) is 0 Å². The summed E-state index contributed by atoms with van der Waals surface area (Å²) < 4.78 is 50.5. The SMILES string of the molecule is N=Cc1cc(C#Cc2c(F)ccc(N[S+]([O-])c3cccc(Oc4ccccc4)c3)c2F)cnc1N. The second kappa shape index (κ2) is 10.7. The Hall–Kier alpha value is -4.39. The van der Waals surface area contributed by atoms with Gasteiger partial charge in [-0.3, -0.25) is 0 Å². The van der Waals surface area contributed by atoms with Gasteiger partial charge in [-0.05, 0) is 42.5 Å². The first-order valence-electron chi connectivity index (χ1n) is 10.2. The molecule has 9 heteroatoms. The summed E-state index contributed by atoms with van der Waals surface area (Å²) in [5.41, 5.74) is 5.62. The van der Waals surface area contributed by atoms with E-state index in [9.17, 15) is 8.94 Å². The number of nitrogens with two attached hydrogens (primary N) is 1. The van der Waals surface area contributed by atoms with Crippen LogP contribution in [0.4, 0.5) is 20.3 Å². The number of rotatable bonds is 6. The van der Waals surface area contributed by atoms with E-state index in [2.05, 4.69) is 21.5 Å². The van der Waals surface area contributed by atoms with Crippen LogP contribution in [0.25, 0.3) is 0 Å². The maximum absolute atomic E-state index is 15.1. The first-order chi connectivity index (χ1) is 16.9. The van der Waals surface area contributed by atoms with Crippen LogP contribution in [0.1, 0.15) is 16.7 Å². The predicted molar refractivity (Wildman–Crippen MR) is 132 cm³/mol. The summed E-state index contributed by atoms with van der Waals surface area (Å²) in [4.78, 5) is 4.24. The number of benzene rings is 3. The van der Waals surface area contributed by atoms with E-state index < -0.39 is 28.6 Å². The number of pyridine rings is 1. The van der Waals surface area contributed by atoms with E-state index in [4.69, 9.17) is 15.9 Å². The third kappa shape index (κ3) is 5.76. The van der Waals surface area contributed by atoms with Gasteiger partial charge in [0, 0.05) is 29.6 Å². The Bertz CT molecular complexity index is 1440. The third-order valence-electron chi connectivity index (χ3n) is 4.73. The van der Waals surface area contributed by atoms with Crippen molar-refractivity contribution >= 4 is 29.1 Å². The third-order valence-corrected chi connectivity index (χ3v) is 5.82. The summed E-state index contributed by atoms with van der Waals surface area (Å²) in [7, 11) is 0. The van der Waals surface area contributed by atoms with Crippen LogP contribution in [0.5, 0.6) is 11.5 Å². The number of ether oxygens (including phenoxy) is 1. The second-order valence-electron chi connectivity index (χ2n) is 7.14. The number of aromatic nitrogens is 1. The molecule has 0 radical (unpaired) electrons. The molecule has 0 aliphatic carbocycles. The van der Waals surface area contributed by atoms with Crippen molar-refractivity contribution in [2.24, 2.45) is 0 Å². The van der Waals surface area contributed by atoms with Crippen LogP contribution in [-0.2, 0) is 11.4 Å². The largest absolute Gasteiger partial charge is 0.588 e. The molecule has 0 amide bonds. The van der Waals surface area contributed by atoms with E-state index in [-0.39, 0.29) is 11.5 Å². The number of halogens is 2. The Balaban J connectivity index is 1.56. The molecule has 4 aromatic rings. The lowest BCUT2D eigenvalue weighted by molar-refractivity contribution is 0.481. The zero-order valence-electron chi connectivity index (χ0n) is 18.1. The van der Waals surface area contributed by atoms with E-state index >= 15 is 4.39 Å². The van der Waals surface area contributed by atoms with Crippen LogP contribution in [0.3, 0.4) is 0 Å². The molecule has 1 unspecified atom stereocenters. The highest BCUT2D eigenvalue weighted by molar-refractivity contribution is 7.92. The molecule has 1 atom stereocenters. The molecule has 6 nitrogen and oxygen atoms in total. The van der Waals surface area contributed by atoms with E-state index in [0.29, 0.717) is 27.5 Å². The van der Waals surface area contributed by atoms with Gasteiger partial charge in [-0.2, -0.15) is 0 Å². The number of anilines is 2. The Morgan fingerprint density at radius 1 is 1.00 bits per heavy atom. The Morgan fingerprint density at radius 3 is 2.54 bits per heavy atom. The molecular weight excluding hydrogens is 470 g/mol. The van der Waals surface area contributed by atoms with Crippen molar-refractivity contribution in [3.8, 4) is 23.3 Å². The predicted octanol–water partition coefficient (Wildman–Crippen LogP) is 5.27. The standard InChI is InChI=1S/C26H18F2N4O2S/c27-23-11-12-24(25(28)22(23)10-9-17-13-18(15-29)26(30)31-16-17)32-35(33)21-8-4-7-20(14-21)34-19-5-2-1-3-6-19/h1-8,11-16,29,32H,(H2,30,31). The van der Waals surface area contributed by atoms with Gasteiger partial charge in [0.1, 0.15) is 40.2 Å². The highest BCUT2D eigenvalue weighted by Crippen LogP contribution is 2.27. The number of nitrogens with zero attached hydrogens (tertiary/aromatic N) is 1. The Labute approximate surface area is 203 Å². The topological polar surface area (TPSA) is 107 Å². The van der Waals surface area contributed by atoms with Crippen molar-refractivity contribution in [2.75, 3.05) is 10.5 Å². The number of nitrogen functional groups attached to an aromatic ring is 1. The van der Waals surface area contributed by atoms with Crippen LogP contribution in [0.15, 0.2) is 83.9 Å². The summed E-state index contributed by atoms with van der Waals surface area (Å²) in [5.74, 6) is 4.41. The van der Waals surface area contributed by atoms with Gasteiger partial charge in [-0.25, -0.2) is 18.5 Å². The maximum Gasteiger partial charge on any atom is 0.183 e. The van der Waals surface area contributed by atoms with Crippen molar-refractivity contribution in [2.45, 2.75) is 4.90 Å². The number of hydrogen-bond donors (Lipinski definition) is 3. The minimum atomic E-state index is -1.86. The molecule has 35 heavy (non-hydrogen) atoms. The van der Waals surface area contributed by atoms with Crippen LogP contribution in [-0.4, -0.2) is 15.8 Å². The van der Waals surface area contributed by atoms with Gasteiger partial charge in [0.05, 0.1) is 5.56 Å². The van der Waals surface area contributed by atoms with E-state index in [1.165, 1.54) is 12.3 Å². The van der Waals surface area contributed by atoms with Gasteiger partial charge in [0.15, 0.2) is 10.7 Å². The van der Waals surface area contributed by atoms with Gasteiger partial charge in [-0.15, -0.1) is 0 Å². The van der Waals surface area contributed by atoms with Crippen LogP contribution in [0.2, 0.25) is 0 Å². The number of nitrogens with one attached hydrogen (secondary N) is 2. The first kappa shape index (κ1) is 23.8. The van der Waals surface area contributed by atoms with Crippen LogP contribution < -0.4 is 15.2 Å². The quantitative estimate of drug-likeness (QED) is 0.195. The lowest BCUT2D eigenvalue weighted by Crippen LogP contribution is -2.14. The summed E-state index contributed by atoms with van der Waals surface area (Å²) >= 11 is -1.86. The molecule has 0 spiro atoms. The fourth-order valence-electron chi connectivity index (χ4n) is 2.99. The van der Waals surface area contributed by atoms with E-state index in [0.717, 1.165) is 18.3 Å². The molecule has 4 N–H and O–H groups in total. The molecule has 1 aromatic heterocycles. The highest BCUT2D eigenvalue weighted by Gasteiger charge is 2.19. The molecule has 3 aromatic carbocycles. The van der Waals surface area contributed by atoms with Gasteiger partial charge in [0.25, 0.3) is 0 Å². The second-order valence-corrected chi connectivity index (χ2v) is 8.35. The monoisotopic (exact) mass is 488 g/mol. The van der Waals surface area contributed by atoms with Crippen molar-refractivity contribution in [1.29, 1.82) is 5.41 Å². The van der Waals surface area contributed by atoms with Crippen molar-refractivity contribution in [3.05, 3.63) is 107 Å². The van der Waals surface area contributed by atoms with E-state index in [1.54, 1.807) is 36.4 Å². The average Bonchev–Trinajstić information content (AvgIpc) is 2.87. The van der Waals surface area contributed by atoms with Crippen molar-refractivity contribution in [1.82, 2.24) is 4.98 Å². The molecule has 4 rings (SSSR count). The smallest absolute Gasteiger partial charge is 0.183 e. The first-order valence-corrected chi connectivity index (χ1v) is 11.4. The fraction of sp³-hybridized carbons (Fsp3) is 0. The minimum Gasteiger partial charge on any atom is -0.588 e. The Morgan fingerprint density at radius 2 is 1.77 bits per heavy atom. The van der Waals surface area contributed by atoms with Gasteiger partial charge in [-0.1, -0.05) is 36.1 Å². The average molecular weight is 489 g/mol. The Kier molecular flexibility index (Phi) is 7.26. The highest BCUT2D eigenvalue weighted by atomic mass is 32.2. The molecule has 1 heterocycles. The molecule has 0 saturated heterocycles. The minimum absolute atomic E-state index is 0.148. The van der Waals surface area contributed by atoms with Gasteiger partial charge < -0.3 is 20.4 Å².